The van der Waals surface area contributed by atoms with Crippen molar-refractivity contribution in [3.05, 3.63) is 35.6 Å². The number of benzene rings is 1. The number of morpholine rings is 1. The number of rotatable bonds is 9. The lowest BCUT2D eigenvalue weighted by atomic mass is 10.0. The van der Waals surface area contributed by atoms with Gasteiger partial charge in [0.05, 0.1) is 18.6 Å². The SMILES string of the molecule is CC(C)CN1CCOC(CNC(=O)COC(=O)C(C)Cc2cccc(F)c2)C1. The largest absolute Gasteiger partial charge is 0.455 e. The highest BCUT2D eigenvalue weighted by atomic mass is 19.1. The molecule has 28 heavy (non-hydrogen) atoms. The van der Waals surface area contributed by atoms with Crippen molar-refractivity contribution in [2.24, 2.45) is 11.8 Å². The van der Waals surface area contributed by atoms with E-state index >= 15 is 0 Å². The van der Waals surface area contributed by atoms with Crippen LogP contribution in [0.25, 0.3) is 0 Å². The summed E-state index contributed by atoms with van der Waals surface area (Å²) in [4.78, 5) is 26.4. The molecule has 1 aliphatic heterocycles. The van der Waals surface area contributed by atoms with E-state index in [1.54, 1.807) is 19.1 Å². The molecule has 2 rings (SSSR count). The van der Waals surface area contributed by atoms with Crippen LogP contribution in [0.1, 0.15) is 26.3 Å². The Bertz CT molecular complexity index is 653. The van der Waals surface area contributed by atoms with E-state index < -0.39 is 11.9 Å². The van der Waals surface area contributed by atoms with Gasteiger partial charge >= 0.3 is 5.97 Å². The van der Waals surface area contributed by atoms with Gasteiger partial charge in [0.1, 0.15) is 5.82 Å². The smallest absolute Gasteiger partial charge is 0.309 e. The maximum absolute atomic E-state index is 13.2. The van der Waals surface area contributed by atoms with Crippen molar-refractivity contribution in [1.29, 1.82) is 0 Å². The molecule has 1 aliphatic rings. The first kappa shape index (κ1) is 22.3. The highest BCUT2D eigenvalue weighted by Gasteiger charge is 2.22. The molecule has 0 aliphatic carbocycles. The number of hydrogen-bond acceptors (Lipinski definition) is 5. The summed E-state index contributed by atoms with van der Waals surface area (Å²) in [6.45, 7) is 9.47. The number of carbonyl (C=O) groups excluding carboxylic acids is 2. The molecule has 2 unspecified atom stereocenters. The highest BCUT2D eigenvalue weighted by molar-refractivity contribution is 5.81. The molecule has 156 valence electrons. The second-order valence-corrected chi connectivity index (χ2v) is 7.79. The summed E-state index contributed by atoms with van der Waals surface area (Å²) in [6, 6.07) is 6.11. The van der Waals surface area contributed by atoms with Gasteiger partial charge in [-0.2, -0.15) is 0 Å². The normalized spacial score (nSPS) is 18.7. The van der Waals surface area contributed by atoms with Crippen molar-refractivity contribution in [3.63, 3.8) is 0 Å². The molecule has 2 atom stereocenters. The molecule has 1 saturated heterocycles. The summed E-state index contributed by atoms with van der Waals surface area (Å²) in [5.41, 5.74) is 0.717. The monoisotopic (exact) mass is 394 g/mol. The van der Waals surface area contributed by atoms with E-state index in [0.717, 1.165) is 19.6 Å². The Balaban J connectivity index is 1.66. The van der Waals surface area contributed by atoms with Crippen molar-refractivity contribution < 1.29 is 23.5 Å². The zero-order chi connectivity index (χ0) is 20.5. The van der Waals surface area contributed by atoms with E-state index in [1.807, 2.05) is 0 Å². The molecular formula is C21H31FN2O4. The molecular weight excluding hydrogens is 363 g/mol. The minimum atomic E-state index is -0.476. The molecule has 1 aromatic rings. The zero-order valence-corrected chi connectivity index (χ0v) is 16.9. The van der Waals surface area contributed by atoms with Crippen molar-refractivity contribution in [2.75, 3.05) is 39.4 Å². The summed E-state index contributed by atoms with van der Waals surface area (Å²) in [6.07, 6.45) is 0.304. The van der Waals surface area contributed by atoms with E-state index in [9.17, 15) is 14.0 Å². The fourth-order valence-corrected chi connectivity index (χ4v) is 3.24. The quantitative estimate of drug-likeness (QED) is 0.649. The number of ether oxygens (including phenoxy) is 2. The standard InChI is InChI=1S/C21H31FN2O4/c1-15(2)12-24-7-8-27-19(13-24)11-23-20(25)14-28-21(26)16(3)9-17-5-4-6-18(22)10-17/h4-6,10,15-16,19H,7-9,11-14H2,1-3H3,(H,23,25). The van der Waals surface area contributed by atoms with Crippen LogP contribution in [0.15, 0.2) is 24.3 Å². The van der Waals surface area contributed by atoms with Gasteiger partial charge in [0, 0.05) is 26.2 Å². The molecule has 1 heterocycles. The molecule has 0 radical (unpaired) electrons. The summed E-state index contributed by atoms with van der Waals surface area (Å²) in [5, 5.41) is 2.76. The molecule has 0 aromatic heterocycles. The second kappa shape index (κ2) is 11.1. The number of esters is 1. The van der Waals surface area contributed by atoms with Gasteiger partial charge in [0.2, 0.25) is 0 Å². The lowest BCUT2D eigenvalue weighted by molar-refractivity contribution is -0.152. The van der Waals surface area contributed by atoms with Crippen LogP contribution in [0.4, 0.5) is 4.39 Å². The first-order chi connectivity index (χ1) is 13.3. The fraction of sp³-hybridized carbons (Fsp3) is 0.619. The molecule has 7 heteroatoms. The zero-order valence-electron chi connectivity index (χ0n) is 16.9. The Labute approximate surface area is 166 Å². The van der Waals surface area contributed by atoms with Gasteiger partial charge in [0.25, 0.3) is 5.91 Å². The van der Waals surface area contributed by atoms with Crippen LogP contribution < -0.4 is 5.32 Å². The predicted octanol–water partition coefficient (Wildman–Crippen LogP) is 2.02. The van der Waals surface area contributed by atoms with Crippen molar-refractivity contribution >= 4 is 11.9 Å². The third kappa shape index (κ3) is 7.94. The van der Waals surface area contributed by atoms with Crippen molar-refractivity contribution in [3.8, 4) is 0 Å². The number of amides is 1. The van der Waals surface area contributed by atoms with Gasteiger partial charge in [-0.15, -0.1) is 0 Å². The molecule has 6 nitrogen and oxygen atoms in total. The van der Waals surface area contributed by atoms with Crippen LogP contribution >= 0.6 is 0 Å². The molecule has 0 spiro atoms. The maximum Gasteiger partial charge on any atom is 0.309 e. The van der Waals surface area contributed by atoms with Gasteiger partial charge in [0.15, 0.2) is 6.61 Å². The number of nitrogens with one attached hydrogen (secondary N) is 1. The van der Waals surface area contributed by atoms with Crippen LogP contribution in [0.3, 0.4) is 0 Å². The average Bonchev–Trinajstić information content (AvgIpc) is 2.64. The Morgan fingerprint density at radius 1 is 1.36 bits per heavy atom. The van der Waals surface area contributed by atoms with Crippen LogP contribution in [0.2, 0.25) is 0 Å². The van der Waals surface area contributed by atoms with Crippen molar-refractivity contribution in [2.45, 2.75) is 33.3 Å². The van der Waals surface area contributed by atoms with Crippen LogP contribution in [-0.2, 0) is 25.5 Å². The second-order valence-electron chi connectivity index (χ2n) is 7.79. The van der Waals surface area contributed by atoms with Gasteiger partial charge in [-0.3, -0.25) is 14.5 Å². The summed E-state index contributed by atoms with van der Waals surface area (Å²) < 4.78 is 24.0. The lowest BCUT2D eigenvalue weighted by Gasteiger charge is -2.33. The van der Waals surface area contributed by atoms with E-state index in [1.165, 1.54) is 12.1 Å². The fourth-order valence-electron chi connectivity index (χ4n) is 3.24. The topological polar surface area (TPSA) is 67.9 Å². The number of carbonyl (C=O) groups is 2. The summed E-state index contributed by atoms with van der Waals surface area (Å²) in [5.74, 6) is -1.04. The minimum absolute atomic E-state index is 0.0564. The van der Waals surface area contributed by atoms with Gasteiger partial charge in [-0.25, -0.2) is 4.39 Å². The number of hydrogen-bond donors (Lipinski definition) is 1. The van der Waals surface area contributed by atoms with Crippen LogP contribution in [0, 0.1) is 17.7 Å². The van der Waals surface area contributed by atoms with Gasteiger partial charge < -0.3 is 14.8 Å². The predicted molar refractivity (Wildman–Crippen MR) is 104 cm³/mol. The first-order valence-corrected chi connectivity index (χ1v) is 9.85. The number of halogens is 1. The Hall–Kier alpha value is -1.99. The number of nitrogens with zero attached hydrogens (tertiary/aromatic N) is 1. The van der Waals surface area contributed by atoms with Crippen LogP contribution in [0.5, 0.6) is 0 Å². The van der Waals surface area contributed by atoms with Crippen molar-refractivity contribution in [1.82, 2.24) is 10.2 Å². The maximum atomic E-state index is 13.2. The highest BCUT2D eigenvalue weighted by Crippen LogP contribution is 2.12. The first-order valence-electron chi connectivity index (χ1n) is 9.85. The van der Waals surface area contributed by atoms with E-state index in [-0.39, 0.29) is 24.4 Å². The molecule has 1 aromatic carbocycles. The van der Waals surface area contributed by atoms with Gasteiger partial charge in [-0.1, -0.05) is 32.9 Å². The summed E-state index contributed by atoms with van der Waals surface area (Å²) in [7, 11) is 0. The molecule has 1 N–H and O–H groups in total. The van der Waals surface area contributed by atoms with Gasteiger partial charge in [-0.05, 0) is 30.0 Å². The third-order valence-electron chi connectivity index (χ3n) is 4.55. The average molecular weight is 394 g/mol. The van der Waals surface area contributed by atoms with E-state index in [4.69, 9.17) is 9.47 Å². The molecule has 1 amide bonds. The van der Waals surface area contributed by atoms with E-state index in [2.05, 4.69) is 24.1 Å². The Morgan fingerprint density at radius 3 is 2.86 bits per heavy atom. The Morgan fingerprint density at radius 2 is 2.14 bits per heavy atom. The van der Waals surface area contributed by atoms with E-state index in [0.29, 0.717) is 31.1 Å². The van der Waals surface area contributed by atoms with Crippen LogP contribution in [-0.4, -0.2) is 62.3 Å². The molecule has 0 saturated carbocycles. The molecule has 0 bridgehead atoms. The Kier molecular flexibility index (Phi) is 8.86. The molecule has 1 fully saturated rings. The minimum Gasteiger partial charge on any atom is -0.455 e. The summed E-state index contributed by atoms with van der Waals surface area (Å²) >= 11 is 0. The third-order valence-corrected chi connectivity index (χ3v) is 4.55. The lowest BCUT2D eigenvalue weighted by Crippen LogP contribution is -2.48.